The molecule has 114 valence electrons. The molecule has 1 amide bonds. The van der Waals surface area contributed by atoms with Gasteiger partial charge in [-0.1, -0.05) is 18.2 Å². The number of amides is 1. The Labute approximate surface area is 127 Å². The van der Waals surface area contributed by atoms with Crippen molar-refractivity contribution < 1.29 is 4.79 Å². The molecule has 4 heteroatoms. The molecule has 1 unspecified atom stereocenters. The number of para-hydroxylation sites is 1. The molecule has 3 rings (SSSR count). The second-order valence-electron chi connectivity index (χ2n) is 6.04. The Bertz CT molecular complexity index is 462. The summed E-state index contributed by atoms with van der Waals surface area (Å²) in [6.45, 7) is 5.31. The average molecular weight is 287 g/mol. The number of rotatable bonds is 2. The van der Waals surface area contributed by atoms with Gasteiger partial charge in [0.2, 0.25) is 5.91 Å². The normalized spacial score (nSPS) is 25.0. The SMILES string of the molecule is O=C1CCC(N2CCCN(c3ccccc3)CC2)CCN1. The van der Waals surface area contributed by atoms with Crippen LogP contribution in [0, 0.1) is 0 Å². The van der Waals surface area contributed by atoms with Crippen LogP contribution in [-0.4, -0.2) is 49.6 Å². The Morgan fingerprint density at radius 1 is 1.00 bits per heavy atom. The minimum Gasteiger partial charge on any atom is -0.370 e. The van der Waals surface area contributed by atoms with Gasteiger partial charge in [-0.3, -0.25) is 9.69 Å². The number of carbonyl (C=O) groups is 1. The van der Waals surface area contributed by atoms with E-state index in [-0.39, 0.29) is 5.91 Å². The topological polar surface area (TPSA) is 35.6 Å². The Morgan fingerprint density at radius 3 is 2.71 bits per heavy atom. The van der Waals surface area contributed by atoms with Crippen molar-refractivity contribution in [3.63, 3.8) is 0 Å². The van der Waals surface area contributed by atoms with Crippen LogP contribution in [0.15, 0.2) is 30.3 Å². The first-order valence-electron chi connectivity index (χ1n) is 8.14. The third kappa shape index (κ3) is 3.76. The highest BCUT2D eigenvalue weighted by Gasteiger charge is 2.24. The molecule has 0 aromatic heterocycles. The van der Waals surface area contributed by atoms with Gasteiger partial charge < -0.3 is 10.2 Å². The Morgan fingerprint density at radius 2 is 1.86 bits per heavy atom. The summed E-state index contributed by atoms with van der Waals surface area (Å²) in [4.78, 5) is 16.6. The Balaban J connectivity index is 1.59. The number of nitrogens with zero attached hydrogens (tertiary/aromatic N) is 2. The molecule has 2 aliphatic rings. The number of hydrogen-bond donors (Lipinski definition) is 1. The summed E-state index contributed by atoms with van der Waals surface area (Å²) in [5, 5.41) is 2.99. The van der Waals surface area contributed by atoms with Crippen molar-refractivity contribution in [2.45, 2.75) is 31.7 Å². The fourth-order valence-corrected chi connectivity index (χ4v) is 3.47. The minimum absolute atomic E-state index is 0.221. The van der Waals surface area contributed by atoms with E-state index in [1.165, 1.54) is 12.1 Å². The van der Waals surface area contributed by atoms with Crippen molar-refractivity contribution in [3.05, 3.63) is 30.3 Å². The molecule has 0 saturated carbocycles. The molecule has 0 aliphatic carbocycles. The maximum Gasteiger partial charge on any atom is 0.220 e. The Hall–Kier alpha value is -1.55. The maximum atomic E-state index is 11.5. The average Bonchev–Trinajstić information content (AvgIpc) is 2.88. The van der Waals surface area contributed by atoms with Crippen molar-refractivity contribution in [1.82, 2.24) is 10.2 Å². The van der Waals surface area contributed by atoms with E-state index in [1.807, 2.05) is 0 Å². The van der Waals surface area contributed by atoms with Crippen LogP contribution in [0.3, 0.4) is 0 Å². The largest absolute Gasteiger partial charge is 0.370 e. The molecule has 0 spiro atoms. The fourth-order valence-electron chi connectivity index (χ4n) is 3.47. The van der Waals surface area contributed by atoms with Crippen LogP contribution < -0.4 is 10.2 Å². The van der Waals surface area contributed by atoms with Gasteiger partial charge in [0.05, 0.1) is 0 Å². The molecule has 2 heterocycles. The van der Waals surface area contributed by atoms with Gasteiger partial charge in [0.15, 0.2) is 0 Å². The summed E-state index contributed by atoms with van der Waals surface area (Å²) in [6, 6.07) is 11.3. The second-order valence-corrected chi connectivity index (χ2v) is 6.04. The zero-order chi connectivity index (χ0) is 14.5. The lowest BCUT2D eigenvalue weighted by atomic mass is 10.1. The van der Waals surface area contributed by atoms with Crippen LogP contribution in [0.2, 0.25) is 0 Å². The number of hydrogen-bond acceptors (Lipinski definition) is 3. The first-order valence-corrected chi connectivity index (χ1v) is 8.14. The Kier molecular flexibility index (Phi) is 4.76. The van der Waals surface area contributed by atoms with Crippen LogP contribution in [0.4, 0.5) is 5.69 Å². The maximum absolute atomic E-state index is 11.5. The van der Waals surface area contributed by atoms with E-state index < -0.39 is 0 Å². The summed E-state index contributed by atoms with van der Waals surface area (Å²) in [5.74, 6) is 0.221. The summed E-state index contributed by atoms with van der Waals surface area (Å²) < 4.78 is 0. The van der Waals surface area contributed by atoms with Crippen LogP contribution in [0.5, 0.6) is 0 Å². The van der Waals surface area contributed by atoms with E-state index in [0.29, 0.717) is 12.5 Å². The fraction of sp³-hybridized carbons (Fsp3) is 0.588. The van der Waals surface area contributed by atoms with Gasteiger partial charge in [-0.05, 0) is 31.4 Å². The van der Waals surface area contributed by atoms with E-state index in [1.54, 1.807) is 0 Å². The van der Waals surface area contributed by atoms with Gasteiger partial charge in [-0.15, -0.1) is 0 Å². The lowest BCUT2D eigenvalue weighted by Crippen LogP contribution is -2.38. The molecule has 2 saturated heterocycles. The molecule has 4 nitrogen and oxygen atoms in total. The zero-order valence-electron chi connectivity index (χ0n) is 12.6. The molecule has 0 radical (unpaired) electrons. The van der Waals surface area contributed by atoms with Crippen LogP contribution >= 0.6 is 0 Å². The molecule has 2 fully saturated rings. The van der Waals surface area contributed by atoms with Gasteiger partial charge >= 0.3 is 0 Å². The van der Waals surface area contributed by atoms with Crippen LogP contribution in [-0.2, 0) is 4.79 Å². The summed E-state index contributed by atoms with van der Waals surface area (Å²) in [5.41, 5.74) is 1.33. The predicted octanol–water partition coefficient (Wildman–Crippen LogP) is 1.87. The number of benzene rings is 1. The lowest BCUT2D eigenvalue weighted by molar-refractivity contribution is -0.120. The standard InChI is InChI=1S/C17H25N3O/c21-17-8-7-16(9-10-18-17)20-12-4-11-19(13-14-20)15-5-2-1-3-6-15/h1-3,5-6,16H,4,7-14H2,(H,18,21). The van der Waals surface area contributed by atoms with Crippen molar-refractivity contribution >= 4 is 11.6 Å². The van der Waals surface area contributed by atoms with E-state index in [9.17, 15) is 4.79 Å². The summed E-state index contributed by atoms with van der Waals surface area (Å²) in [7, 11) is 0. The molecule has 1 aromatic rings. The highest BCUT2D eigenvalue weighted by molar-refractivity contribution is 5.76. The van der Waals surface area contributed by atoms with Crippen molar-refractivity contribution in [2.75, 3.05) is 37.6 Å². The second kappa shape index (κ2) is 6.94. The molecule has 2 aliphatic heterocycles. The van der Waals surface area contributed by atoms with E-state index >= 15 is 0 Å². The monoisotopic (exact) mass is 287 g/mol. The van der Waals surface area contributed by atoms with Gasteiger partial charge in [0, 0.05) is 50.9 Å². The van der Waals surface area contributed by atoms with Gasteiger partial charge in [-0.25, -0.2) is 0 Å². The highest BCUT2D eigenvalue weighted by atomic mass is 16.1. The molecule has 1 atom stereocenters. The molecule has 1 aromatic carbocycles. The smallest absolute Gasteiger partial charge is 0.220 e. The van der Waals surface area contributed by atoms with E-state index in [4.69, 9.17) is 0 Å². The summed E-state index contributed by atoms with van der Waals surface area (Å²) in [6.07, 6.45) is 3.99. The van der Waals surface area contributed by atoms with Crippen molar-refractivity contribution in [3.8, 4) is 0 Å². The van der Waals surface area contributed by atoms with E-state index in [0.717, 1.165) is 45.6 Å². The first-order chi connectivity index (χ1) is 10.3. The quantitative estimate of drug-likeness (QED) is 0.902. The van der Waals surface area contributed by atoms with Gasteiger partial charge in [-0.2, -0.15) is 0 Å². The van der Waals surface area contributed by atoms with Crippen LogP contribution in [0.1, 0.15) is 25.7 Å². The number of anilines is 1. The zero-order valence-corrected chi connectivity index (χ0v) is 12.6. The van der Waals surface area contributed by atoms with Crippen LogP contribution in [0.25, 0.3) is 0 Å². The van der Waals surface area contributed by atoms with Gasteiger partial charge in [0.25, 0.3) is 0 Å². The molecule has 21 heavy (non-hydrogen) atoms. The van der Waals surface area contributed by atoms with Crippen molar-refractivity contribution in [1.29, 1.82) is 0 Å². The first kappa shape index (κ1) is 14.4. The third-order valence-electron chi connectivity index (χ3n) is 4.67. The van der Waals surface area contributed by atoms with E-state index in [2.05, 4.69) is 45.4 Å². The summed E-state index contributed by atoms with van der Waals surface area (Å²) >= 11 is 0. The molecule has 0 bridgehead atoms. The number of carbonyl (C=O) groups excluding carboxylic acids is 1. The molecular weight excluding hydrogens is 262 g/mol. The highest BCUT2D eigenvalue weighted by Crippen LogP contribution is 2.19. The lowest BCUT2D eigenvalue weighted by Gasteiger charge is -2.29. The molecule has 1 N–H and O–H groups in total. The third-order valence-corrected chi connectivity index (χ3v) is 4.67. The predicted molar refractivity (Wildman–Crippen MR) is 85.5 cm³/mol. The minimum atomic E-state index is 0.221. The van der Waals surface area contributed by atoms with Crippen molar-refractivity contribution in [2.24, 2.45) is 0 Å². The molecular formula is C17H25N3O. The van der Waals surface area contributed by atoms with Gasteiger partial charge in [0.1, 0.15) is 0 Å². The number of nitrogens with one attached hydrogen (secondary N) is 1.